The average molecular weight is 505 g/mol. The number of imidazole rings is 1. The van der Waals surface area contributed by atoms with Crippen LogP contribution in [0.2, 0.25) is 0 Å². The molecule has 0 bridgehead atoms. The number of hydrogen-bond donors (Lipinski definition) is 2. The second-order valence-electron chi connectivity index (χ2n) is 8.51. The number of nitrogens with two attached hydrogens (primary N) is 1. The molecule has 1 aliphatic rings. The molecule has 1 amide bonds. The van der Waals surface area contributed by atoms with E-state index in [2.05, 4.69) is 10.3 Å². The third-order valence-corrected chi connectivity index (χ3v) is 7.29. The van der Waals surface area contributed by atoms with E-state index in [0.717, 1.165) is 6.26 Å². The number of benzene rings is 3. The number of primary amides is 1. The summed E-state index contributed by atoms with van der Waals surface area (Å²) in [6.07, 6.45) is 2.58. The molecule has 0 radical (unpaired) electrons. The number of nitrogens with zero attached hydrogens (tertiary/aromatic N) is 2. The third-order valence-electron chi connectivity index (χ3n) is 6.13. The molecule has 182 valence electrons. The normalized spacial score (nSPS) is 15.5. The number of fused-ring (bicyclic) bond motifs is 1. The maximum absolute atomic E-state index is 15.4. The van der Waals surface area contributed by atoms with Gasteiger partial charge in [-0.15, -0.1) is 0 Å². The Kier molecular flexibility index (Phi) is 5.77. The summed E-state index contributed by atoms with van der Waals surface area (Å²) in [5.74, 6) is -1.63. The first-order valence-corrected chi connectivity index (χ1v) is 12.9. The largest absolute Gasteiger partial charge is 0.366 e. The van der Waals surface area contributed by atoms with E-state index in [1.165, 1.54) is 24.5 Å². The van der Waals surface area contributed by atoms with Gasteiger partial charge in [0.25, 0.3) is 0 Å². The van der Waals surface area contributed by atoms with Crippen molar-refractivity contribution in [2.24, 2.45) is 5.73 Å². The van der Waals surface area contributed by atoms with Crippen molar-refractivity contribution in [3.63, 3.8) is 0 Å². The van der Waals surface area contributed by atoms with E-state index in [1.807, 2.05) is 0 Å². The molecule has 5 rings (SSSR count). The molecule has 0 saturated carbocycles. The highest BCUT2D eigenvalue weighted by Crippen LogP contribution is 2.33. The van der Waals surface area contributed by atoms with Crippen LogP contribution < -0.4 is 11.1 Å². The first-order chi connectivity index (χ1) is 17.1. The van der Waals surface area contributed by atoms with Crippen LogP contribution in [0.15, 0.2) is 78.0 Å². The molecular weight excluding hydrogens is 483 g/mol. The van der Waals surface area contributed by atoms with Gasteiger partial charge < -0.3 is 5.73 Å². The Bertz CT molecular complexity index is 1650. The van der Waals surface area contributed by atoms with Gasteiger partial charge >= 0.3 is 0 Å². The molecule has 10 heteroatoms. The molecule has 0 aliphatic carbocycles. The monoisotopic (exact) mass is 504 g/mol. The van der Waals surface area contributed by atoms with E-state index >= 15 is 4.39 Å². The number of nitrogens with one attached hydrogen (secondary N) is 1. The van der Waals surface area contributed by atoms with Crippen LogP contribution in [-0.2, 0) is 16.4 Å². The van der Waals surface area contributed by atoms with Crippen LogP contribution in [-0.4, -0.2) is 35.9 Å². The van der Waals surface area contributed by atoms with E-state index < -0.39 is 27.6 Å². The van der Waals surface area contributed by atoms with E-state index in [1.54, 1.807) is 53.1 Å². The molecular formula is C26H21FN4O4S. The maximum atomic E-state index is 15.4. The quantitative estimate of drug-likeness (QED) is 0.430. The molecule has 36 heavy (non-hydrogen) atoms. The Hall–Kier alpha value is -4.15. The van der Waals surface area contributed by atoms with Crippen LogP contribution in [0.5, 0.6) is 0 Å². The Morgan fingerprint density at radius 1 is 1.11 bits per heavy atom. The fourth-order valence-corrected chi connectivity index (χ4v) is 5.33. The van der Waals surface area contributed by atoms with Gasteiger partial charge in [-0.05, 0) is 35.9 Å². The summed E-state index contributed by atoms with van der Waals surface area (Å²) in [5.41, 5.74) is 7.87. The second kappa shape index (κ2) is 8.81. The summed E-state index contributed by atoms with van der Waals surface area (Å²) in [6, 6.07) is 16.2. The van der Waals surface area contributed by atoms with Gasteiger partial charge in [0.15, 0.2) is 9.84 Å². The SMILES string of the molecule is CS(=O)(=O)c1ccccc1-c1ccc(C2NCc3ncn(-c4cccc(C(N)=O)c4)c3C2=O)c(F)c1. The van der Waals surface area contributed by atoms with Gasteiger partial charge in [0.05, 0.1) is 10.6 Å². The van der Waals surface area contributed by atoms with Crippen molar-refractivity contribution in [3.05, 3.63) is 101 Å². The molecule has 3 N–H and O–H groups in total. The van der Waals surface area contributed by atoms with Gasteiger partial charge in [-0.2, -0.15) is 0 Å². The smallest absolute Gasteiger partial charge is 0.248 e. The minimum absolute atomic E-state index is 0.0933. The molecule has 1 unspecified atom stereocenters. The topological polar surface area (TPSA) is 124 Å². The van der Waals surface area contributed by atoms with Crippen LogP contribution >= 0.6 is 0 Å². The fourth-order valence-electron chi connectivity index (χ4n) is 4.42. The molecule has 2 heterocycles. The molecule has 0 spiro atoms. The van der Waals surface area contributed by atoms with Crippen LogP contribution in [0.4, 0.5) is 4.39 Å². The molecule has 8 nitrogen and oxygen atoms in total. The fraction of sp³-hybridized carbons (Fsp3) is 0.115. The number of carbonyl (C=O) groups excluding carboxylic acids is 2. The molecule has 3 aromatic carbocycles. The summed E-state index contributed by atoms with van der Waals surface area (Å²) in [6.45, 7) is 0.229. The lowest BCUT2D eigenvalue weighted by Crippen LogP contribution is -2.36. The van der Waals surface area contributed by atoms with Gasteiger partial charge in [0, 0.05) is 35.2 Å². The number of rotatable bonds is 5. The average Bonchev–Trinajstić information content (AvgIpc) is 3.29. The number of sulfone groups is 1. The van der Waals surface area contributed by atoms with Crippen LogP contribution in [0, 0.1) is 5.82 Å². The van der Waals surface area contributed by atoms with Crippen molar-refractivity contribution in [2.75, 3.05) is 6.26 Å². The highest BCUT2D eigenvalue weighted by atomic mass is 32.2. The highest BCUT2D eigenvalue weighted by Gasteiger charge is 2.34. The number of ketones is 1. The lowest BCUT2D eigenvalue weighted by Gasteiger charge is -2.24. The number of aromatic nitrogens is 2. The number of hydrogen-bond acceptors (Lipinski definition) is 6. The summed E-state index contributed by atoms with van der Waals surface area (Å²) in [4.78, 5) is 29.5. The molecule has 0 saturated heterocycles. The van der Waals surface area contributed by atoms with Crippen molar-refractivity contribution in [3.8, 4) is 16.8 Å². The first kappa shape index (κ1) is 23.6. The van der Waals surface area contributed by atoms with Crippen LogP contribution in [0.25, 0.3) is 16.8 Å². The van der Waals surface area contributed by atoms with Crippen molar-refractivity contribution in [1.82, 2.24) is 14.9 Å². The highest BCUT2D eigenvalue weighted by molar-refractivity contribution is 7.90. The van der Waals surface area contributed by atoms with Gasteiger partial charge in [-0.3, -0.25) is 19.5 Å². The number of Topliss-reactive ketones (excluding diaryl/α,β-unsaturated/α-hetero) is 1. The number of carbonyl (C=O) groups is 2. The van der Waals surface area contributed by atoms with Gasteiger partial charge in [-0.25, -0.2) is 17.8 Å². The predicted molar refractivity (Wildman–Crippen MR) is 131 cm³/mol. The minimum Gasteiger partial charge on any atom is -0.366 e. The lowest BCUT2D eigenvalue weighted by molar-refractivity contribution is 0.0919. The van der Waals surface area contributed by atoms with Crippen LogP contribution in [0.3, 0.4) is 0 Å². The van der Waals surface area contributed by atoms with Gasteiger partial charge in [-0.1, -0.05) is 36.4 Å². The Morgan fingerprint density at radius 2 is 1.89 bits per heavy atom. The third kappa shape index (κ3) is 4.10. The zero-order valence-corrected chi connectivity index (χ0v) is 19.9. The van der Waals surface area contributed by atoms with Crippen LogP contribution in [0.1, 0.15) is 38.1 Å². The van der Waals surface area contributed by atoms with Crippen molar-refractivity contribution >= 4 is 21.5 Å². The van der Waals surface area contributed by atoms with Gasteiger partial charge in [0.1, 0.15) is 23.9 Å². The number of amides is 1. The van der Waals surface area contributed by atoms with Crippen molar-refractivity contribution in [1.29, 1.82) is 0 Å². The van der Waals surface area contributed by atoms with E-state index in [0.29, 0.717) is 22.5 Å². The molecule has 4 aromatic rings. The van der Waals surface area contributed by atoms with Crippen molar-refractivity contribution < 1.29 is 22.4 Å². The Morgan fingerprint density at radius 3 is 2.61 bits per heavy atom. The Balaban J connectivity index is 1.52. The predicted octanol–water partition coefficient (Wildman–Crippen LogP) is 3.21. The molecule has 1 atom stereocenters. The standard InChI is InChI=1S/C26H21FN4O4S/c1-36(34,35)22-8-3-2-7-18(22)15-9-10-19(20(27)12-15)23-25(32)24-21(13-29-23)30-14-31(24)17-6-4-5-16(11-17)26(28)33/h2-12,14,23,29H,13H2,1H3,(H2,28,33). The summed E-state index contributed by atoms with van der Waals surface area (Å²) >= 11 is 0. The maximum Gasteiger partial charge on any atom is 0.248 e. The van der Waals surface area contributed by atoms with E-state index in [9.17, 15) is 18.0 Å². The Labute approximate surface area is 206 Å². The van der Waals surface area contributed by atoms with Gasteiger partial charge in [0.2, 0.25) is 11.7 Å². The molecule has 1 aromatic heterocycles. The summed E-state index contributed by atoms with van der Waals surface area (Å²) < 4.78 is 41.3. The van der Waals surface area contributed by atoms with E-state index in [4.69, 9.17) is 5.73 Å². The van der Waals surface area contributed by atoms with E-state index in [-0.39, 0.29) is 34.0 Å². The number of halogens is 1. The van der Waals surface area contributed by atoms with Crippen molar-refractivity contribution in [2.45, 2.75) is 17.5 Å². The summed E-state index contributed by atoms with van der Waals surface area (Å²) in [7, 11) is -3.53. The minimum atomic E-state index is -3.53. The summed E-state index contributed by atoms with van der Waals surface area (Å²) in [5, 5.41) is 3.04. The molecule has 0 fully saturated rings. The lowest BCUT2D eigenvalue weighted by atomic mass is 9.93. The zero-order chi connectivity index (χ0) is 25.6. The molecule has 1 aliphatic heterocycles. The zero-order valence-electron chi connectivity index (χ0n) is 19.1. The second-order valence-corrected chi connectivity index (χ2v) is 10.5. The first-order valence-electron chi connectivity index (χ1n) is 11.0.